The average Bonchev–Trinajstić information content (AvgIpc) is 2.92. The second kappa shape index (κ2) is 5.67. The number of carbonyl (C=O) groups excluding carboxylic acids is 1. The van der Waals surface area contributed by atoms with Gasteiger partial charge in [-0.05, 0) is 24.3 Å². The Morgan fingerprint density at radius 3 is 2.23 bits per heavy atom. The van der Waals surface area contributed by atoms with Crippen LogP contribution in [0.4, 0.5) is 13.2 Å². The number of rotatable bonds is 2. The molecular formula is C14H11F3N2O3. The molecule has 1 aliphatic heterocycles. The smallest absolute Gasteiger partial charge is 0.394 e. The highest BCUT2D eigenvalue weighted by molar-refractivity contribution is 5.95. The summed E-state index contributed by atoms with van der Waals surface area (Å²) in [6, 6.07) is 7.27. The summed E-state index contributed by atoms with van der Waals surface area (Å²) in [6.07, 6.45) is -4.68. The zero-order valence-corrected chi connectivity index (χ0v) is 11.2. The summed E-state index contributed by atoms with van der Waals surface area (Å²) >= 11 is 0. The molecule has 5 nitrogen and oxygen atoms in total. The van der Waals surface area contributed by atoms with Crippen LogP contribution in [-0.2, 0) is 4.79 Å². The minimum absolute atomic E-state index is 0.117. The van der Waals surface area contributed by atoms with E-state index < -0.39 is 43.0 Å². The highest BCUT2D eigenvalue weighted by atomic mass is 19.4. The molecule has 1 fully saturated rings. The van der Waals surface area contributed by atoms with Gasteiger partial charge in [-0.2, -0.15) is 18.4 Å². The van der Waals surface area contributed by atoms with E-state index in [9.17, 15) is 22.8 Å². The van der Waals surface area contributed by atoms with E-state index in [0.29, 0.717) is 5.56 Å². The Hall–Kier alpha value is -2.56. The minimum Gasteiger partial charge on any atom is -0.481 e. The van der Waals surface area contributed by atoms with Gasteiger partial charge in [0.15, 0.2) is 0 Å². The first-order chi connectivity index (χ1) is 10.2. The van der Waals surface area contributed by atoms with Gasteiger partial charge in [0.25, 0.3) is 5.91 Å². The standard InChI is InChI=1S/C14H11F3N2O3/c15-14(16,17)11-7-19(6-10(11)13(21)22)12(20)9-3-1-8(5-18)2-4-9/h1-4,10-11H,6-7H2,(H,21,22)/t10-,11-/m1/s1. The van der Waals surface area contributed by atoms with Gasteiger partial charge >= 0.3 is 12.1 Å². The Morgan fingerprint density at radius 1 is 1.23 bits per heavy atom. The van der Waals surface area contributed by atoms with Gasteiger partial charge in [-0.25, -0.2) is 0 Å². The molecule has 1 saturated heterocycles. The fourth-order valence-corrected chi connectivity index (χ4v) is 2.42. The van der Waals surface area contributed by atoms with E-state index >= 15 is 0 Å². The predicted octanol–water partition coefficient (Wildman–Crippen LogP) is 1.89. The summed E-state index contributed by atoms with van der Waals surface area (Å²) in [5.74, 6) is -5.99. The van der Waals surface area contributed by atoms with Gasteiger partial charge in [-0.1, -0.05) is 0 Å². The zero-order chi connectivity index (χ0) is 16.5. The first-order valence-electron chi connectivity index (χ1n) is 6.33. The third-order valence-corrected chi connectivity index (χ3v) is 3.61. The van der Waals surface area contributed by atoms with E-state index in [0.717, 1.165) is 4.90 Å². The van der Waals surface area contributed by atoms with Gasteiger partial charge in [0.1, 0.15) is 0 Å². The summed E-state index contributed by atoms with van der Waals surface area (Å²) in [6.45, 7) is -1.17. The second-order valence-corrected chi connectivity index (χ2v) is 4.99. The summed E-state index contributed by atoms with van der Waals surface area (Å²) in [4.78, 5) is 24.0. The number of nitriles is 1. The number of aliphatic carboxylic acids is 1. The SMILES string of the molecule is N#Cc1ccc(C(=O)N2C[C@@H](C(F)(F)F)[C@H](C(=O)O)C2)cc1. The highest BCUT2D eigenvalue weighted by Gasteiger charge is 2.53. The molecule has 8 heteroatoms. The van der Waals surface area contributed by atoms with Crippen LogP contribution in [0.1, 0.15) is 15.9 Å². The third kappa shape index (κ3) is 3.03. The highest BCUT2D eigenvalue weighted by Crippen LogP contribution is 2.38. The van der Waals surface area contributed by atoms with Crippen molar-refractivity contribution in [3.63, 3.8) is 0 Å². The molecular weight excluding hydrogens is 301 g/mol. The normalized spacial score (nSPS) is 21.5. The molecule has 1 aromatic carbocycles. The van der Waals surface area contributed by atoms with E-state index in [2.05, 4.69) is 0 Å². The quantitative estimate of drug-likeness (QED) is 0.904. The number of carbonyl (C=O) groups is 2. The molecule has 0 saturated carbocycles. The van der Waals surface area contributed by atoms with Crippen LogP contribution in [0.5, 0.6) is 0 Å². The number of nitrogens with zero attached hydrogens (tertiary/aromatic N) is 2. The van der Waals surface area contributed by atoms with Crippen molar-refractivity contribution >= 4 is 11.9 Å². The lowest BCUT2D eigenvalue weighted by Gasteiger charge is -2.18. The zero-order valence-electron chi connectivity index (χ0n) is 11.2. The van der Waals surface area contributed by atoms with E-state index in [1.54, 1.807) is 0 Å². The number of halogens is 3. The maximum absolute atomic E-state index is 12.9. The number of hydrogen-bond donors (Lipinski definition) is 1. The first-order valence-corrected chi connectivity index (χ1v) is 6.33. The van der Waals surface area contributed by atoms with Gasteiger partial charge in [0, 0.05) is 18.7 Å². The van der Waals surface area contributed by atoms with Crippen LogP contribution in [0.15, 0.2) is 24.3 Å². The number of benzene rings is 1. The van der Waals surface area contributed by atoms with Crippen LogP contribution in [0, 0.1) is 23.2 Å². The topological polar surface area (TPSA) is 81.4 Å². The van der Waals surface area contributed by atoms with Crippen molar-refractivity contribution in [1.29, 1.82) is 5.26 Å². The Morgan fingerprint density at radius 2 is 1.82 bits per heavy atom. The summed E-state index contributed by atoms with van der Waals surface area (Å²) in [7, 11) is 0. The predicted molar refractivity (Wildman–Crippen MR) is 67.7 cm³/mol. The lowest BCUT2D eigenvalue weighted by Crippen LogP contribution is -2.34. The van der Waals surface area contributed by atoms with Crippen LogP contribution in [0.2, 0.25) is 0 Å². The van der Waals surface area contributed by atoms with Crippen molar-refractivity contribution in [3.8, 4) is 6.07 Å². The molecule has 2 rings (SSSR count). The van der Waals surface area contributed by atoms with Gasteiger partial charge in [0.05, 0.1) is 23.5 Å². The van der Waals surface area contributed by atoms with Gasteiger partial charge in [-0.15, -0.1) is 0 Å². The van der Waals surface area contributed by atoms with Crippen molar-refractivity contribution in [1.82, 2.24) is 4.90 Å². The van der Waals surface area contributed by atoms with Crippen molar-refractivity contribution in [3.05, 3.63) is 35.4 Å². The molecule has 1 heterocycles. The molecule has 1 aliphatic rings. The monoisotopic (exact) mass is 312 g/mol. The maximum atomic E-state index is 12.9. The van der Waals surface area contributed by atoms with Crippen molar-refractivity contribution < 1.29 is 27.9 Å². The molecule has 22 heavy (non-hydrogen) atoms. The van der Waals surface area contributed by atoms with E-state index in [1.807, 2.05) is 6.07 Å². The minimum atomic E-state index is -4.68. The molecule has 1 aromatic rings. The molecule has 0 radical (unpaired) electrons. The van der Waals surface area contributed by atoms with Crippen molar-refractivity contribution in [2.45, 2.75) is 6.18 Å². The van der Waals surface area contributed by atoms with Crippen molar-refractivity contribution in [2.24, 2.45) is 11.8 Å². The lowest BCUT2D eigenvalue weighted by molar-refractivity contribution is -0.187. The number of likely N-dealkylation sites (tertiary alicyclic amines) is 1. The molecule has 1 amide bonds. The van der Waals surface area contributed by atoms with Crippen molar-refractivity contribution in [2.75, 3.05) is 13.1 Å². The molecule has 0 spiro atoms. The van der Waals surface area contributed by atoms with Crippen LogP contribution in [0.25, 0.3) is 0 Å². The maximum Gasteiger partial charge on any atom is 0.394 e. The number of carboxylic acids is 1. The fraction of sp³-hybridized carbons (Fsp3) is 0.357. The fourth-order valence-electron chi connectivity index (χ4n) is 2.42. The summed E-state index contributed by atoms with van der Waals surface area (Å²) in [5, 5.41) is 17.6. The molecule has 0 aliphatic carbocycles. The summed E-state index contributed by atoms with van der Waals surface area (Å²) in [5.41, 5.74) is 0.431. The average molecular weight is 312 g/mol. The molecule has 0 bridgehead atoms. The molecule has 0 aromatic heterocycles. The Bertz CT molecular complexity index is 634. The second-order valence-electron chi connectivity index (χ2n) is 4.99. The number of hydrogen-bond acceptors (Lipinski definition) is 3. The van der Waals surface area contributed by atoms with Crippen LogP contribution in [0.3, 0.4) is 0 Å². The van der Waals surface area contributed by atoms with E-state index in [1.165, 1.54) is 24.3 Å². The number of amides is 1. The van der Waals surface area contributed by atoms with Crippen LogP contribution >= 0.6 is 0 Å². The van der Waals surface area contributed by atoms with Crippen LogP contribution < -0.4 is 0 Å². The molecule has 0 unspecified atom stereocenters. The third-order valence-electron chi connectivity index (χ3n) is 3.61. The lowest BCUT2D eigenvalue weighted by atomic mass is 9.96. The first kappa shape index (κ1) is 15.8. The molecule has 1 N–H and O–H groups in total. The molecule has 116 valence electrons. The van der Waals surface area contributed by atoms with Gasteiger partial charge in [0.2, 0.25) is 0 Å². The van der Waals surface area contributed by atoms with Crippen LogP contribution in [-0.4, -0.2) is 41.1 Å². The Labute approximate surface area is 123 Å². The molecule has 2 atom stereocenters. The largest absolute Gasteiger partial charge is 0.481 e. The van der Waals surface area contributed by atoms with Gasteiger partial charge in [-0.3, -0.25) is 9.59 Å². The van der Waals surface area contributed by atoms with E-state index in [-0.39, 0.29) is 5.56 Å². The Balaban J connectivity index is 2.21. The Kier molecular flexibility index (Phi) is 4.08. The number of alkyl halides is 3. The summed E-state index contributed by atoms with van der Waals surface area (Å²) < 4.78 is 38.6. The van der Waals surface area contributed by atoms with Gasteiger partial charge < -0.3 is 10.0 Å². The van der Waals surface area contributed by atoms with E-state index in [4.69, 9.17) is 10.4 Å². The number of carboxylic acid groups (broad SMARTS) is 1.